The van der Waals surface area contributed by atoms with Gasteiger partial charge >= 0.3 is 0 Å². The second-order valence-corrected chi connectivity index (χ2v) is 13.0. The molecule has 0 aliphatic rings. The van der Waals surface area contributed by atoms with Crippen LogP contribution in [0.3, 0.4) is 0 Å². The number of hydrogen-bond donors (Lipinski definition) is 0. The quantitative estimate of drug-likeness (QED) is 0.406. The van der Waals surface area contributed by atoms with Gasteiger partial charge < -0.3 is 18.6 Å². The fraction of sp³-hybridized carbons (Fsp3) is 0.391. The van der Waals surface area contributed by atoms with Crippen LogP contribution >= 0.6 is 0 Å². The molecule has 0 unspecified atom stereocenters. The van der Waals surface area contributed by atoms with Crippen molar-refractivity contribution in [1.29, 1.82) is 0 Å². The van der Waals surface area contributed by atoms with Gasteiger partial charge in [0.2, 0.25) is 0 Å². The van der Waals surface area contributed by atoms with E-state index in [-0.39, 0.29) is 5.04 Å². The van der Waals surface area contributed by atoms with Crippen LogP contribution in [0.1, 0.15) is 31.9 Å². The van der Waals surface area contributed by atoms with Gasteiger partial charge in [-0.1, -0.05) is 39.0 Å². The predicted octanol–water partition coefficient (Wildman–Crippen LogP) is 6.27. The lowest BCUT2D eigenvalue weighted by molar-refractivity contribution is 0.386. The molecule has 0 saturated carbocycles. The minimum atomic E-state index is -1.97. The topological polar surface area (TPSA) is 36.9 Å². The molecule has 0 heterocycles. The van der Waals surface area contributed by atoms with Crippen molar-refractivity contribution in [3.63, 3.8) is 0 Å². The number of benzene rings is 2. The van der Waals surface area contributed by atoms with E-state index in [1.54, 1.807) is 21.3 Å². The van der Waals surface area contributed by atoms with Gasteiger partial charge in [0, 0.05) is 6.07 Å². The summed E-state index contributed by atoms with van der Waals surface area (Å²) in [5.41, 5.74) is 2.04. The lowest BCUT2D eigenvalue weighted by atomic mass is 10.1. The summed E-state index contributed by atoms with van der Waals surface area (Å²) in [6.07, 6.45) is 4.08. The number of methoxy groups -OCH3 is 3. The summed E-state index contributed by atoms with van der Waals surface area (Å²) in [7, 11) is 3.01. The molecule has 0 spiro atoms. The highest BCUT2D eigenvalue weighted by Gasteiger charge is 2.39. The van der Waals surface area contributed by atoms with Crippen LogP contribution in [0.4, 0.5) is 0 Å². The average Bonchev–Trinajstić information content (AvgIpc) is 2.65. The van der Waals surface area contributed by atoms with Crippen LogP contribution in [0.5, 0.6) is 23.0 Å². The minimum absolute atomic E-state index is 0.112. The van der Waals surface area contributed by atoms with Crippen molar-refractivity contribution in [2.75, 3.05) is 21.3 Å². The molecule has 0 aliphatic carbocycles. The van der Waals surface area contributed by atoms with E-state index in [1.165, 1.54) is 0 Å². The zero-order valence-electron chi connectivity index (χ0n) is 18.3. The third-order valence-corrected chi connectivity index (χ3v) is 9.54. The molecule has 0 aromatic heterocycles. The first-order valence-corrected chi connectivity index (χ1v) is 12.3. The van der Waals surface area contributed by atoms with Gasteiger partial charge in [0.25, 0.3) is 8.32 Å². The summed E-state index contributed by atoms with van der Waals surface area (Å²) in [5.74, 6) is 3.07. The number of ether oxygens (including phenoxy) is 3. The van der Waals surface area contributed by atoms with Crippen LogP contribution in [0.15, 0.2) is 36.4 Å². The van der Waals surface area contributed by atoms with E-state index < -0.39 is 8.32 Å². The summed E-state index contributed by atoms with van der Waals surface area (Å²) in [5, 5.41) is 0.112. The van der Waals surface area contributed by atoms with Crippen LogP contribution in [0.25, 0.3) is 12.2 Å². The Morgan fingerprint density at radius 1 is 0.714 bits per heavy atom. The van der Waals surface area contributed by atoms with Gasteiger partial charge in [-0.3, -0.25) is 0 Å². The van der Waals surface area contributed by atoms with Gasteiger partial charge in [-0.2, -0.15) is 0 Å². The lowest BCUT2D eigenvalue weighted by Crippen LogP contribution is -2.43. The monoisotopic (exact) mass is 400 g/mol. The molecule has 0 aliphatic heterocycles. The molecule has 0 saturated heterocycles. The first-order chi connectivity index (χ1) is 13.1. The van der Waals surface area contributed by atoms with Crippen molar-refractivity contribution in [2.24, 2.45) is 0 Å². The first-order valence-electron chi connectivity index (χ1n) is 9.38. The second-order valence-electron chi connectivity index (χ2n) is 8.25. The van der Waals surface area contributed by atoms with E-state index in [0.29, 0.717) is 0 Å². The summed E-state index contributed by atoms with van der Waals surface area (Å²) in [6, 6.07) is 11.8. The van der Waals surface area contributed by atoms with Gasteiger partial charge in [-0.25, -0.2) is 0 Å². The normalized spacial score (nSPS) is 12.1. The first kappa shape index (κ1) is 21.9. The van der Waals surface area contributed by atoms with Crippen LogP contribution in [0.2, 0.25) is 18.1 Å². The van der Waals surface area contributed by atoms with E-state index >= 15 is 0 Å². The van der Waals surface area contributed by atoms with Crippen molar-refractivity contribution in [1.82, 2.24) is 0 Å². The van der Waals surface area contributed by atoms with Crippen molar-refractivity contribution in [3.8, 4) is 23.0 Å². The second kappa shape index (κ2) is 8.74. The Morgan fingerprint density at radius 3 is 1.79 bits per heavy atom. The molecule has 4 nitrogen and oxygen atoms in total. The van der Waals surface area contributed by atoms with Gasteiger partial charge in [0.05, 0.1) is 21.3 Å². The molecule has 0 fully saturated rings. The van der Waals surface area contributed by atoms with Gasteiger partial charge in [0.15, 0.2) is 5.75 Å². The fourth-order valence-electron chi connectivity index (χ4n) is 2.42. The zero-order chi connectivity index (χ0) is 20.9. The fourth-order valence-corrected chi connectivity index (χ4v) is 3.44. The maximum atomic E-state index is 6.49. The lowest BCUT2D eigenvalue weighted by Gasteiger charge is -2.36. The van der Waals surface area contributed by atoms with Gasteiger partial charge in [-0.15, -0.1) is 0 Å². The number of rotatable bonds is 7. The minimum Gasteiger partial charge on any atom is -0.541 e. The zero-order valence-corrected chi connectivity index (χ0v) is 19.3. The molecule has 2 aromatic rings. The molecule has 28 heavy (non-hydrogen) atoms. The Kier molecular flexibility index (Phi) is 6.83. The molecule has 0 N–H and O–H groups in total. The highest BCUT2D eigenvalue weighted by Crippen LogP contribution is 2.40. The van der Waals surface area contributed by atoms with E-state index in [1.807, 2.05) is 48.6 Å². The standard InChI is InChI=1S/C23H32O4Si/c1-23(2,3)28(7,8)27-22-15-17(11-12-21(22)26-6)9-10-18-13-19(24-4)16-20(14-18)25-5/h9-16H,1-8H3. The van der Waals surface area contributed by atoms with E-state index in [4.69, 9.17) is 18.6 Å². The smallest absolute Gasteiger partial charge is 0.250 e. The molecule has 2 rings (SSSR count). The Balaban J connectivity index is 2.34. The van der Waals surface area contributed by atoms with Gasteiger partial charge in [-0.05, 0) is 53.5 Å². The van der Waals surface area contributed by atoms with Crippen LogP contribution in [-0.2, 0) is 0 Å². The van der Waals surface area contributed by atoms with Crippen LogP contribution in [0, 0.1) is 0 Å². The highest BCUT2D eigenvalue weighted by molar-refractivity contribution is 6.74. The molecule has 0 amide bonds. The van der Waals surface area contributed by atoms with Crippen molar-refractivity contribution in [3.05, 3.63) is 47.5 Å². The van der Waals surface area contributed by atoms with Crippen LogP contribution in [-0.4, -0.2) is 29.6 Å². The summed E-state index contributed by atoms with van der Waals surface area (Å²) >= 11 is 0. The molecule has 0 bridgehead atoms. The maximum Gasteiger partial charge on any atom is 0.250 e. The third-order valence-electron chi connectivity index (χ3n) is 5.20. The summed E-state index contributed by atoms with van der Waals surface area (Å²) < 4.78 is 22.7. The van der Waals surface area contributed by atoms with E-state index in [0.717, 1.165) is 34.1 Å². The van der Waals surface area contributed by atoms with Crippen molar-refractivity contribution >= 4 is 20.5 Å². The Bertz CT molecular complexity index is 813. The predicted molar refractivity (Wildman–Crippen MR) is 119 cm³/mol. The molecule has 0 radical (unpaired) electrons. The molecular formula is C23H32O4Si. The van der Waals surface area contributed by atoms with Gasteiger partial charge in [0.1, 0.15) is 17.2 Å². The van der Waals surface area contributed by atoms with E-state index in [9.17, 15) is 0 Å². The SMILES string of the molecule is COc1cc(C=Cc2ccc(OC)c(O[Si](C)(C)C(C)(C)C)c2)cc(OC)c1. The van der Waals surface area contributed by atoms with Crippen LogP contribution < -0.4 is 18.6 Å². The summed E-state index contributed by atoms with van der Waals surface area (Å²) in [4.78, 5) is 0. The third kappa shape index (κ3) is 5.32. The highest BCUT2D eigenvalue weighted by atomic mass is 28.4. The molecule has 0 atom stereocenters. The summed E-state index contributed by atoms with van der Waals surface area (Å²) in [6.45, 7) is 11.2. The van der Waals surface area contributed by atoms with Crippen molar-refractivity contribution in [2.45, 2.75) is 38.9 Å². The average molecular weight is 401 g/mol. The maximum absolute atomic E-state index is 6.49. The largest absolute Gasteiger partial charge is 0.541 e. The Morgan fingerprint density at radius 2 is 1.29 bits per heavy atom. The molecule has 5 heteroatoms. The molecule has 2 aromatic carbocycles. The Labute approximate surface area is 170 Å². The van der Waals surface area contributed by atoms with E-state index in [2.05, 4.69) is 33.9 Å². The number of hydrogen-bond acceptors (Lipinski definition) is 4. The Hall–Kier alpha value is -2.40. The van der Waals surface area contributed by atoms with Crippen molar-refractivity contribution < 1.29 is 18.6 Å². The molecule has 152 valence electrons. The molecular weight excluding hydrogens is 368 g/mol.